The number of amides is 2. The Morgan fingerprint density at radius 1 is 1.03 bits per heavy atom. The Bertz CT molecular complexity index is 1350. The minimum atomic E-state index is -0.342. The first-order valence-electron chi connectivity index (χ1n) is 11.7. The van der Waals surface area contributed by atoms with Gasteiger partial charge in [0, 0.05) is 35.6 Å². The van der Waals surface area contributed by atoms with E-state index in [0.717, 1.165) is 21.5 Å². The summed E-state index contributed by atoms with van der Waals surface area (Å²) in [5, 5.41) is 4.87. The van der Waals surface area contributed by atoms with Crippen LogP contribution in [-0.4, -0.2) is 34.8 Å². The lowest BCUT2D eigenvalue weighted by Crippen LogP contribution is -2.44. The molecule has 0 saturated carbocycles. The summed E-state index contributed by atoms with van der Waals surface area (Å²) in [6, 6.07) is 19.7. The van der Waals surface area contributed by atoms with Crippen molar-refractivity contribution in [3.63, 3.8) is 0 Å². The third kappa shape index (κ3) is 4.95. The topological polar surface area (TPSA) is 53.5 Å². The van der Waals surface area contributed by atoms with Gasteiger partial charge >= 0.3 is 0 Å². The van der Waals surface area contributed by atoms with Crippen LogP contribution >= 0.6 is 11.3 Å². The van der Waals surface area contributed by atoms with Crippen molar-refractivity contribution in [3.8, 4) is 0 Å². The van der Waals surface area contributed by atoms with Gasteiger partial charge in [-0.1, -0.05) is 36.4 Å². The molecule has 4 aromatic rings. The number of thiazole rings is 1. The van der Waals surface area contributed by atoms with Crippen molar-refractivity contribution >= 4 is 39.6 Å². The average molecular weight is 488 g/mol. The lowest BCUT2D eigenvalue weighted by molar-refractivity contribution is -0.123. The Labute approximate surface area is 207 Å². The van der Waals surface area contributed by atoms with Gasteiger partial charge in [-0.25, -0.2) is 9.37 Å². The van der Waals surface area contributed by atoms with Crippen LogP contribution in [0.2, 0.25) is 0 Å². The Morgan fingerprint density at radius 2 is 1.74 bits per heavy atom. The Kier molecular flexibility index (Phi) is 6.59. The molecule has 0 spiro atoms. The van der Waals surface area contributed by atoms with Crippen molar-refractivity contribution < 1.29 is 14.0 Å². The highest BCUT2D eigenvalue weighted by Crippen LogP contribution is 2.28. The predicted octanol–water partition coefficient (Wildman–Crippen LogP) is 5.83. The number of anilines is 1. The highest BCUT2D eigenvalue weighted by atomic mass is 32.1. The number of fused-ring (bicyclic) bond motifs is 1. The molecule has 2 amide bonds. The molecule has 2 heterocycles. The van der Waals surface area contributed by atoms with E-state index in [1.165, 1.54) is 12.1 Å². The van der Waals surface area contributed by atoms with E-state index in [0.29, 0.717) is 43.7 Å². The molecule has 7 heteroatoms. The van der Waals surface area contributed by atoms with Crippen LogP contribution in [0.4, 0.5) is 10.1 Å². The van der Waals surface area contributed by atoms with Crippen molar-refractivity contribution in [2.45, 2.75) is 26.3 Å². The van der Waals surface area contributed by atoms with Crippen molar-refractivity contribution in [2.75, 3.05) is 18.0 Å². The number of piperidine rings is 1. The Hall–Kier alpha value is -3.58. The summed E-state index contributed by atoms with van der Waals surface area (Å²) >= 11 is 1.54. The third-order valence-corrected chi connectivity index (χ3v) is 7.36. The number of rotatable bonds is 5. The smallest absolute Gasteiger partial charge is 0.254 e. The number of carbonyl (C=O) groups is 2. The number of halogens is 1. The molecule has 1 fully saturated rings. The molecule has 0 bridgehead atoms. The Morgan fingerprint density at radius 3 is 2.46 bits per heavy atom. The number of hydrogen-bond acceptors (Lipinski definition) is 4. The zero-order valence-electron chi connectivity index (χ0n) is 19.5. The Balaban J connectivity index is 1.31. The molecule has 0 unspecified atom stereocenters. The molecule has 5 nitrogen and oxygen atoms in total. The van der Waals surface area contributed by atoms with E-state index in [1.807, 2.05) is 59.7 Å². The summed E-state index contributed by atoms with van der Waals surface area (Å²) in [7, 11) is 0. The summed E-state index contributed by atoms with van der Waals surface area (Å²) in [6.45, 7) is 3.31. The second-order valence-corrected chi connectivity index (χ2v) is 9.91. The molecule has 5 rings (SSSR count). The zero-order valence-corrected chi connectivity index (χ0v) is 20.3. The zero-order chi connectivity index (χ0) is 24.4. The molecule has 0 radical (unpaired) electrons. The number of nitrogens with zero attached hydrogens (tertiary/aromatic N) is 3. The van der Waals surface area contributed by atoms with Crippen LogP contribution in [0, 0.1) is 18.7 Å². The fourth-order valence-electron chi connectivity index (χ4n) is 4.69. The molecule has 1 aliphatic rings. The lowest BCUT2D eigenvalue weighted by atomic mass is 9.94. The molecule has 1 saturated heterocycles. The van der Waals surface area contributed by atoms with E-state index in [2.05, 4.69) is 4.98 Å². The SMILES string of the molecule is Cc1nc(CN(C(=O)C2CCN(C(=O)c3cccc4ccccc34)CC2)c2ccc(F)cc2)cs1. The van der Waals surface area contributed by atoms with Gasteiger partial charge in [0.15, 0.2) is 0 Å². The molecule has 178 valence electrons. The van der Waals surface area contributed by atoms with E-state index >= 15 is 0 Å². The van der Waals surface area contributed by atoms with Crippen LogP contribution < -0.4 is 4.90 Å². The van der Waals surface area contributed by atoms with E-state index in [9.17, 15) is 14.0 Å². The number of likely N-dealkylation sites (tertiary alicyclic amines) is 1. The van der Waals surface area contributed by atoms with Gasteiger partial charge < -0.3 is 9.80 Å². The summed E-state index contributed by atoms with van der Waals surface area (Å²) in [4.78, 5) is 35.0. The van der Waals surface area contributed by atoms with Gasteiger partial charge in [-0.3, -0.25) is 9.59 Å². The molecular weight excluding hydrogens is 461 g/mol. The molecule has 35 heavy (non-hydrogen) atoms. The number of hydrogen-bond donors (Lipinski definition) is 0. The maximum atomic E-state index is 13.6. The molecule has 1 aromatic heterocycles. The first-order chi connectivity index (χ1) is 17.0. The summed E-state index contributed by atoms with van der Waals surface area (Å²) in [5.41, 5.74) is 2.16. The quantitative estimate of drug-likeness (QED) is 0.356. The highest BCUT2D eigenvalue weighted by molar-refractivity contribution is 7.09. The van der Waals surface area contributed by atoms with E-state index in [4.69, 9.17) is 0 Å². The maximum absolute atomic E-state index is 13.6. The van der Waals surface area contributed by atoms with Crippen molar-refractivity contribution in [1.82, 2.24) is 9.88 Å². The lowest BCUT2D eigenvalue weighted by Gasteiger charge is -2.34. The number of benzene rings is 3. The molecule has 0 N–H and O–H groups in total. The number of carbonyl (C=O) groups excluding carboxylic acids is 2. The summed E-state index contributed by atoms with van der Waals surface area (Å²) < 4.78 is 13.5. The minimum Gasteiger partial charge on any atom is -0.339 e. The minimum absolute atomic E-state index is 0.000961. The maximum Gasteiger partial charge on any atom is 0.254 e. The highest BCUT2D eigenvalue weighted by Gasteiger charge is 2.32. The summed E-state index contributed by atoms with van der Waals surface area (Å²) in [5.74, 6) is -0.567. The van der Waals surface area contributed by atoms with Crippen LogP contribution in [-0.2, 0) is 11.3 Å². The molecule has 0 aliphatic carbocycles. The van der Waals surface area contributed by atoms with Gasteiger partial charge in [0.05, 0.1) is 17.2 Å². The number of aromatic nitrogens is 1. The van der Waals surface area contributed by atoms with E-state index < -0.39 is 0 Å². The van der Waals surface area contributed by atoms with Gasteiger partial charge in [0.2, 0.25) is 5.91 Å². The van der Waals surface area contributed by atoms with Crippen molar-refractivity contribution in [1.29, 1.82) is 0 Å². The second-order valence-electron chi connectivity index (χ2n) is 8.85. The molecule has 3 aromatic carbocycles. The van der Waals surface area contributed by atoms with Crippen LogP contribution in [0.15, 0.2) is 72.1 Å². The van der Waals surface area contributed by atoms with Gasteiger partial charge in [0.25, 0.3) is 5.91 Å². The molecular formula is C28H26FN3O2S. The predicted molar refractivity (Wildman–Crippen MR) is 137 cm³/mol. The van der Waals surface area contributed by atoms with Crippen LogP contribution in [0.5, 0.6) is 0 Å². The fourth-order valence-corrected chi connectivity index (χ4v) is 5.30. The molecule has 1 aliphatic heterocycles. The van der Waals surface area contributed by atoms with Crippen molar-refractivity contribution in [2.24, 2.45) is 5.92 Å². The van der Waals surface area contributed by atoms with Gasteiger partial charge in [-0.2, -0.15) is 0 Å². The third-order valence-electron chi connectivity index (χ3n) is 6.54. The molecule has 0 atom stereocenters. The van der Waals surface area contributed by atoms with E-state index in [-0.39, 0.29) is 23.5 Å². The second kappa shape index (κ2) is 9.96. The average Bonchev–Trinajstić information content (AvgIpc) is 3.31. The first-order valence-corrected chi connectivity index (χ1v) is 12.6. The fraction of sp³-hybridized carbons (Fsp3) is 0.250. The van der Waals surface area contributed by atoms with Crippen LogP contribution in [0.1, 0.15) is 33.9 Å². The summed E-state index contributed by atoms with van der Waals surface area (Å²) in [6.07, 6.45) is 1.17. The van der Waals surface area contributed by atoms with Crippen LogP contribution in [0.25, 0.3) is 10.8 Å². The number of aryl methyl sites for hydroxylation is 1. The van der Waals surface area contributed by atoms with Gasteiger partial charge in [0.1, 0.15) is 5.82 Å². The van der Waals surface area contributed by atoms with Crippen molar-refractivity contribution in [3.05, 3.63) is 94.2 Å². The normalized spacial score (nSPS) is 14.3. The van der Waals surface area contributed by atoms with E-state index in [1.54, 1.807) is 28.4 Å². The van der Waals surface area contributed by atoms with Gasteiger partial charge in [-0.05, 0) is 60.9 Å². The largest absolute Gasteiger partial charge is 0.339 e. The monoisotopic (exact) mass is 487 g/mol. The first kappa shape index (κ1) is 23.2. The van der Waals surface area contributed by atoms with Gasteiger partial charge in [-0.15, -0.1) is 11.3 Å². The van der Waals surface area contributed by atoms with Crippen LogP contribution in [0.3, 0.4) is 0 Å². The standard InChI is InChI=1S/C28H26FN3O2S/c1-19-30-23(18-35-19)17-32(24-11-9-22(29)10-12-24)27(33)21-13-15-31(16-14-21)28(34)26-8-4-6-20-5-2-3-7-25(20)26/h2-12,18,21H,13-17H2,1H3.